The number of Topliss-reactive ketones (excluding diaryl/α,β-unsaturated/α-hetero) is 1. The van der Waals surface area contributed by atoms with Crippen molar-refractivity contribution < 1.29 is 14.5 Å². The summed E-state index contributed by atoms with van der Waals surface area (Å²) in [6, 6.07) is 4.56. The van der Waals surface area contributed by atoms with Crippen molar-refractivity contribution in [3.63, 3.8) is 0 Å². The van der Waals surface area contributed by atoms with Gasteiger partial charge in [-0.2, -0.15) is 0 Å². The highest BCUT2D eigenvalue weighted by molar-refractivity contribution is 5.79. The first-order valence-corrected chi connectivity index (χ1v) is 4.94. The summed E-state index contributed by atoms with van der Waals surface area (Å²) in [4.78, 5) is 21.2. The Labute approximate surface area is 93.2 Å². The van der Waals surface area contributed by atoms with Gasteiger partial charge in [0.25, 0.3) is 0 Å². The first-order chi connectivity index (χ1) is 7.54. The molecule has 0 N–H and O–H groups in total. The quantitative estimate of drug-likeness (QED) is 0.567. The largest absolute Gasteiger partial charge is 0.479 e. The highest BCUT2D eigenvalue weighted by atomic mass is 16.6. The zero-order chi connectivity index (χ0) is 12.1. The summed E-state index contributed by atoms with van der Waals surface area (Å²) in [7, 11) is 0. The molecule has 86 valence electrons. The highest BCUT2D eigenvalue weighted by Gasteiger charge is 2.15. The summed E-state index contributed by atoms with van der Waals surface area (Å²) in [6.07, 6.45) is 0.361. The van der Waals surface area contributed by atoms with Gasteiger partial charge in [-0.3, -0.25) is 14.9 Å². The predicted molar refractivity (Wildman–Crippen MR) is 58.6 cm³/mol. The topological polar surface area (TPSA) is 69.4 Å². The number of nitro groups is 1. The van der Waals surface area contributed by atoms with Crippen LogP contribution in [0.1, 0.15) is 18.9 Å². The molecule has 0 fully saturated rings. The SMILES string of the molecule is CCC(=O)COc1cc(C)ccc1[N+](=O)[O-]. The monoisotopic (exact) mass is 223 g/mol. The third kappa shape index (κ3) is 3.05. The van der Waals surface area contributed by atoms with Crippen LogP contribution in [-0.2, 0) is 4.79 Å². The third-order valence-corrected chi connectivity index (χ3v) is 2.10. The molecule has 0 aliphatic rings. The molecule has 0 saturated carbocycles. The van der Waals surface area contributed by atoms with Gasteiger partial charge in [0.15, 0.2) is 11.5 Å². The Morgan fingerprint density at radius 3 is 2.75 bits per heavy atom. The smallest absolute Gasteiger partial charge is 0.310 e. The number of ether oxygens (including phenoxy) is 1. The van der Waals surface area contributed by atoms with Crippen molar-refractivity contribution in [2.75, 3.05) is 6.61 Å². The van der Waals surface area contributed by atoms with Gasteiger partial charge in [-0.1, -0.05) is 13.0 Å². The Hall–Kier alpha value is -1.91. The van der Waals surface area contributed by atoms with E-state index in [0.717, 1.165) is 5.56 Å². The van der Waals surface area contributed by atoms with Crippen molar-refractivity contribution >= 4 is 11.5 Å². The fraction of sp³-hybridized carbons (Fsp3) is 0.364. The molecule has 0 spiro atoms. The van der Waals surface area contributed by atoms with Crippen LogP contribution >= 0.6 is 0 Å². The number of ketones is 1. The molecule has 0 unspecified atom stereocenters. The van der Waals surface area contributed by atoms with Crippen LogP contribution in [0.25, 0.3) is 0 Å². The van der Waals surface area contributed by atoms with Crippen LogP contribution in [0.5, 0.6) is 5.75 Å². The highest BCUT2D eigenvalue weighted by Crippen LogP contribution is 2.27. The van der Waals surface area contributed by atoms with E-state index >= 15 is 0 Å². The number of hydrogen-bond acceptors (Lipinski definition) is 4. The molecule has 5 nitrogen and oxygen atoms in total. The molecule has 0 saturated heterocycles. The zero-order valence-electron chi connectivity index (χ0n) is 9.23. The van der Waals surface area contributed by atoms with Crippen molar-refractivity contribution in [2.24, 2.45) is 0 Å². The van der Waals surface area contributed by atoms with Gasteiger partial charge < -0.3 is 4.74 Å². The molecular weight excluding hydrogens is 210 g/mol. The summed E-state index contributed by atoms with van der Waals surface area (Å²) >= 11 is 0. The van der Waals surface area contributed by atoms with Crippen LogP contribution in [0.3, 0.4) is 0 Å². The standard InChI is InChI=1S/C11H13NO4/c1-3-9(13)7-16-11-6-8(2)4-5-10(11)12(14)15/h4-6H,3,7H2,1-2H3. The molecule has 0 radical (unpaired) electrons. The molecule has 0 amide bonds. The van der Waals surface area contributed by atoms with Crippen LogP contribution in [0, 0.1) is 17.0 Å². The molecule has 0 bridgehead atoms. The molecular formula is C11H13NO4. The minimum absolute atomic E-state index is 0.0872. The van der Waals surface area contributed by atoms with E-state index in [0.29, 0.717) is 6.42 Å². The summed E-state index contributed by atoms with van der Waals surface area (Å²) in [5.41, 5.74) is 0.735. The first-order valence-electron chi connectivity index (χ1n) is 4.94. The van der Waals surface area contributed by atoms with Gasteiger partial charge in [-0.05, 0) is 18.6 Å². The molecule has 0 aromatic heterocycles. The van der Waals surface area contributed by atoms with E-state index in [2.05, 4.69) is 0 Å². The lowest BCUT2D eigenvalue weighted by atomic mass is 10.2. The number of aryl methyl sites for hydroxylation is 1. The Kier molecular flexibility index (Phi) is 3.99. The van der Waals surface area contributed by atoms with Crippen LogP contribution in [-0.4, -0.2) is 17.3 Å². The minimum atomic E-state index is -0.523. The molecule has 1 aromatic rings. The van der Waals surface area contributed by atoms with E-state index in [-0.39, 0.29) is 23.8 Å². The van der Waals surface area contributed by atoms with Gasteiger partial charge in [0.1, 0.15) is 6.61 Å². The number of nitro benzene ring substituents is 1. The van der Waals surface area contributed by atoms with Crippen LogP contribution < -0.4 is 4.74 Å². The molecule has 0 aliphatic heterocycles. The van der Waals surface area contributed by atoms with E-state index in [1.807, 2.05) is 0 Å². The van der Waals surface area contributed by atoms with Crippen molar-refractivity contribution in [3.8, 4) is 5.75 Å². The maximum absolute atomic E-state index is 11.1. The summed E-state index contributed by atoms with van der Waals surface area (Å²) in [5, 5.41) is 10.7. The van der Waals surface area contributed by atoms with Gasteiger partial charge in [-0.25, -0.2) is 0 Å². The predicted octanol–water partition coefficient (Wildman–Crippen LogP) is 2.26. The maximum atomic E-state index is 11.1. The van der Waals surface area contributed by atoms with Crippen molar-refractivity contribution in [2.45, 2.75) is 20.3 Å². The fourth-order valence-corrected chi connectivity index (χ4v) is 1.15. The average molecular weight is 223 g/mol. The summed E-state index contributed by atoms with van der Waals surface area (Å²) < 4.78 is 5.14. The average Bonchev–Trinajstić information content (AvgIpc) is 2.25. The van der Waals surface area contributed by atoms with E-state index in [1.54, 1.807) is 26.0 Å². The number of hydrogen-bond donors (Lipinski definition) is 0. The van der Waals surface area contributed by atoms with E-state index in [1.165, 1.54) is 6.07 Å². The molecule has 1 aromatic carbocycles. The molecule has 0 atom stereocenters. The fourth-order valence-electron chi connectivity index (χ4n) is 1.15. The van der Waals surface area contributed by atoms with Gasteiger partial charge in [0.2, 0.25) is 0 Å². The maximum Gasteiger partial charge on any atom is 0.310 e. The number of carbonyl (C=O) groups excluding carboxylic acids is 1. The molecule has 1 rings (SSSR count). The van der Waals surface area contributed by atoms with E-state index in [4.69, 9.17) is 4.74 Å². The Morgan fingerprint density at radius 1 is 1.50 bits per heavy atom. The van der Waals surface area contributed by atoms with Gasteiger partial charge in [-0.15, -0.1) is 0 Å². The number of rotatable bonds is 5. The lowest BCUT2D eigenvalue weighted by Gasteiger charge is -2.06. The van der Waals surface area contributed by atoms with Crippen LogP contribution in [0.2, 0.25) is 0 Å². The van der Waals surface area contributed by atoms with Crippen molar-refractivity contribution in [3.05, 3.63) is 33.9 Å². The number of nitrogens with zero attached hydrogens (tertiary/aromatic N) is 1. The van der Waals surface area contributed by atoms with Gasteiger partial charge in [0.05, 0.1) is 4.92 Å². The third-order valence-electron chi connectivity index (χ3n) is 2.10. The minimum Gasteiger partial charge on any atom is -0.479 e. The Morgan fingerprint density at radius 2 is 2.19 bits per heavy atom. The number of benzene rings is 1. The second-order valence-corrected chi connectivity index (χ2v) is 3.41. The second-order valence-electron chi connectivity index (χ2n) is 3.41. The zero-order valence-corrected chi connectivity index (χ0v) is 9.23. The van der Waals surface area contributed by atoms with Gasteiger partial charge in [0, 0.05) is 12.5 Å². The molecule has 0 aliphatic carbocycles. The van der Waals surface area contributed by atoms with E-state index < -0.39 is 4.92 Å². The van der Waals surface area contributed by atoms with Gasteiger partial charge >= 0.3 is 5.69 Å². The van der Waals surface area contributed by atoms with Crippen molar-refractivity contribution in [1.82, 2.24) is 0 Å². The Balaban J connectivity index is 2.88. The van der Waals surface area contributed by atoms with Crippen LogP contribution in [0.15, 0.2) is 18.2 Å². The second kappa shape index (κ2) is 5.25. The van der Waals surface area contributed by atoms with E-state index in [9.17, 15) is 14.9 Å². The Bertz CT molecular complexity index is 414. The van der Waals surface area contributed by atoms with Crippen LogP contribution in [0.4, 0.5) is 5.69 Å². The lowest BCUT2D eigenvalue weighted by Crippen LogP contribution is -2.10. The number of carbonyl (C=O) groups is 1. The summed E-state index contributed by atoms with van der Waals surface area (Å²) in [5.74, 6) is 0.0580. The normalized spacial score (nSPS) is 9.88. The first kappa shape index (κ1) is 12.2. The lowest BCUT2D eigenvalue weighted by molar-refractivity contribution is -0.385. The molecule has 16 heavy (non-hydrogen) atoms. The summed E-state index contributed by atoms with van der Waals surface area (Å²) in [6.45, 7) is 3.40. The van der Waals surface area contributed by atoms with Crippen molar-refractivity contribution in [1.29, 1.82) is 0 Å². The molecule has 0 heterocycles. The molecule has 5 heteroatoms.